The topological polar surface area (TPSA) is 55.7 Å². The Kier molecular flexibility index (Phi) is 5.70. The summed E-state index contributed by atoms with van der Waals surface area (Å²) in [6.07, 6.45) is 5.35. The van der Waals surface area contributed by atoms with Gasteiger partial charge in [-0.3, -0.25) is 14.6 Å². The molecule has 1 unspecified atom stereocenters. The van der Waals surface area contributed by atoms with Crippen LogP contribution < -0.4 is 0 Å². The van der Waals surface area contributed by atoms with Crippen molar-refractivity contribution >= 4 is 40.1 Å². The minimum absolute atomic E-state index is 0.00374. The van der Waals surface area contributed by atoms with Crippen LogP contribution in [0.3, 0.4) is 0 Å². The fourth-order valence-electron chi connectivity index (χ4n) is 5.02. The van der Waals surface area contributed by atoms with Gasteiger partial charge in [-0.2, -0.15) is 0 Å². The van der Waals surface area contributed by atoms with Crippen molar-refractivity contribution in [3.8, 4) is 0 Å². The number of allylic oxidation sites excluding steroid dienone is 2. The fourth-order valence-corrected chi connectivity index (χ4v) is 5.38. The smallest absolute Gasteiger partial charge is 0.315 e. The first-order valence-electron chi connectivity index (χ1n) is 10.5. The van der Waals surface area contributed by atoms with Gasteiger partial charge in [-0.05, 0) is 84.7 Å². The first-order chi connectivity index (χ1) is 13.7. The van der Waals surface area contributed by atoms with Gasteiger partial charge in [0.05, 0.1) is 0 Å². The van der Waals surface area contributed by atoms with Crippen molar-refractivity contribution in [3.63, 3.8) is 0 Å². The second-order valence-electron chi connectivity index (χ2n) is 9.40. The summed E-state index contributed by atoms with van der Waals surface area (Å²) in [4.78, 5) is 31.3. The van der Waals surface area contributed by atoms with E-state index >= 15 is 0 Å². The number of hydrogen-bond acceptors (Lipinski definition) is 4. The van der Waals surface area contributed by atoms with Crippen molar-refractivity contribution in [3.05, 3.63) is 44.7 Å². The predicted octanol–water partition coefficient (Wildman–Crippen LogP) is 5.59. The Bertz CT molecular complexity index is 891. The van der Waals surface area contributed by atoms with Gasteiger partial charge in [0.2, 0.25) is 0 Å². The average Bonchev–Trinajstić information content (AvgIpc) is 3.13. The van der Waals surface area contributed by atoms with Crippen molar-refractivity contribution < 1.29 is 14.3 Å². The minimum Gasteiger partial charge on any atom is -0.462 e. The van der Waals surface area contributed by atoms with E-state index in [2.05, 4.69) is 36.4 Å². The summed E-state index contributed by atoms with van der Waals surface area (Å²) in [5.41, 5.74) is 3.24. The number of carbonyl (C=O) groups is 2. The number of benzene rings is 1. The number of hydrogen-bond donors (Lipinski definition) is 0. The molecule has 154 valence electrons. The quantitative estimate of drug-likeness (QED) is 0.397. The van der Waals surface area contributed by atoms with Gasteiger partial charge >= 0.3 is 5.97 Å². The molecular weight excluding hydrogens is 477 g/mol. The molecule has 1 fully saturated rings. The van der Waals surface area contributed by atoms with Crippen LogP contribution >= 0.6 is 22.6 Å². The van der Waals surface area contributed by atoms with Gasteiger partial charge in [0.1, 0.15) is 12.0 Å². The van der Waals surface area contributed by atoms with E-state index in [9.17, 15) is 9.59 Å². The molecular formula is C24H28INO3. The van der Waals surface area contributed by atoms with Gasteiger partial charge in [-0.1, -0.05) is 26.0 Å². The number of esters is 1. The van der Waals surface area contributed by atoms with Crippen LogP contribution in [0.2, 0.25) is 0 Å². The molecule has 0 spiro atoms. The van der Waals surface area contributed by atoms with Crippen LogP contribution in [-0.4, -0.2) is 23.6 Å². The average molecular weight is 505 g/mol. The molecule has 1 heterocycles. The van der Waals surface area contributed by atoms with Crippen LogP contribution in [0, 0.1) is 14.9 Å². The molecule has 29 heavy (non-hydrogen) atoms. The third-order valence-electron chi connectivity index (χ3n) is 6.37. The van der Waals surface area contributed by atoms with Gasteiger partial charge in [0, 0.05) is 32.9 Å². The van der Waals surface area contributed by atoms with Crippen LogP contribution in [0.4, 0.5) is 0 Å². The Balaban J connectivity index is 1.77. The molecule has 0 saturated heterocycles. The Morgan fingerprint density at radius 1 is 1.14 bits per heavy atom. The summed E-state index contributed by atoms with van der Waals surface area (Å²) >= 11 is 2.27. The maximum Gasteiger partial charge on any atom is 0.315 e. The van der Waals surface area contributed by atoms with Crippen molar-refractivity contribution in [2.24, 2.45) is 16.3 Å². The lowest BCUT2D eigenvalue weighted by Gasteiger charge is -2.39. The Labute approximate surface area is 186 Å². The monoisotopic (exact) mass is 505 g/mol. The van der Waals surface area contributed by atoms with E-state index in [1.807, 2.05) is 31.2 Å². The van der Waals surface area contributed by atoms with Crippen LogP contribution in [0.15, 0.2) is 40.5 Å². The van der Waals surface area contributed by atoms with E-state index in [1.54, 1.807) is 0 Å². The van der Waals surface area contributed by atoms with Crippen LogP contribution in [-0.2, 0) is 14.3 Å². The Hall–Kier alpha value is -1.50. The van der Waals surface area contributed by atoms with Gasteiger partial charge in [0.15, 0.2) is 5.78 Å². The molecule has 0 radical (unpaired) electrons. The van der Waals surface area contributed by atoms with Crippen molar-refractivity contribution in [1.29, 1.82) is 0 Å². The lowest BCUT2D eigenvalue weighted by Crippen LogP contribution is -2.40. The molecule has 2 atom stereocenters. The number of ether oxygens (including phenoxy) is 1. The molecule has 0 bridgehead atoms. The second kappa shape index (κ2) is 7.97. The summed E-state index contributed by atoms with van der Waals surface area (Å²) in [6, 6.07) is 8.15. The van der Waals surface area contributed by atoms with E-state index in [-0.39, 0.29) is 29.2 Å². The third-order valence-corrected chi connectivity index (χ3v) is 7.09. The summed E-state index contributed by atoms with van der Waals surface area (Å²) in [6.45, 7) is 6.13. The molecule has 1 aromatic rings. The van der Waals surface area contributed by atoms with Crippen molar-refractivity contribution in [2.45, 2.75) is 71.3 Å². The van der Waals surface area contributed by atoms with Gasteiger partial charge < -0.3 is 4.74 Å². The standard InChI is InChI=1S/C24H28INO3/c1-14-20(23(28)29-17-6-4-5-7-17)21(15-8-10-16(25)11-9-15)22-18(26-14)12-24(2,3)13-19(22)27/h8-11,17,20-21H,4-7,12-13H2,1-3H3/t20?,21-/m1/s1. The van der Waals surface area contributed by atoms with E-state index in [1.165, 1.54) is 0 Å². The number of nitrogens with zero attached hydrogens (tertiary/aromatic N) is 1. The molecule has 4 nitrogen and oxygen atoms in total. The Morgan fingerprint density at radius 2 is 1.79 bits per heavy atom. The van der Waals surface area contributed by atoms with Crippen molar-refractivity contribution in [1.82, 2.24) is 0 Å². The van der Waals surface area contributed by atoms with Crippen molar-refractivity contribution in [2.75, 3.05) is 0 Å². The summed E-state index contributed by atoms with van der Waals surface area (Å²) in [5.74, 6) is -0.947. The molecule has 0 N–H and O–H groups in total. The molecule has 2 aliphatic carbocycles. The third kappa shape index (κ3) is 4.21. The summed E-state index contributed by atoms with van der Waals surface area (Å²) in [7, 11) is 0. The van der Waals surface area contributed by atoms with E-state index in [4.69, 9.17) is 9.73 Å². The molecule has 4 rings (SSSR count). The lowest BCUT2D eigenvalue weighted by atomic mass is 9.67. The number of rotatable bonds is 3. The maximum atomic E-state index is 13.3. The minimum atomic E-state index is -0.528. The highest BCUT2D eigenvalue weighted by molar-refractivity contribution is 14.1. The zero-order valence-electron chi connectivity index (χ0n) is 17.3. The maximum absolute atomic E-state index is 13.3. The Morgan fingerprint density at radius 3 is 2.45 bits per heavy atom. The largest absolute Gasteiger partial charge is 0.462 e. The summed E-state index contributed by atoms with van der Waals surface area (Å²) in [5, 5.41) is 0. The number of Topliss-reactive ketones (excluding diaryl/α,β-unsaturated/α-hetero) is 1. The predicted molar refractivity (Wildman–Crippen MR) is 122 cm³/mol. The highest BCUT2D eigenvalue weighted by atomic mass is 127. The van der Waals surface area contributed by atoms with Crippen LogP contribution in [0.5, 0.6) is 0 Å². The van der Waals surface area contributed by atoms with E-state index in [0.717, 1.165) is 58.2 Å². The van der Waals surface area contributed by atoms with Crippen LogP contribution in [0.25, 0.3) is 0 Å². The highest BCUT2D eigenvalue weighted by Crippen LogP contribution is 2.48. The molecule has 3 aliphatic rings. The van der Waals surface area contributed by atoms with E-state index in [0.29, 0.717) is 6.42 Å². The fraction of sp³-hybridized carbons (Fsp3) is 0.542. The summed E-state index contributed by atoms with van der Waals surface area (Å²) < 4.78 is 7.03. The van der Waals surface area contributed by atoms with Gasteiger partial charge in [-0.25, -0.2) is 0 Å². The van der Waals surface area contributed by atoms with Gasteiger partial charge in [-0.15, -0.1) is 0 Å². The highest BCUT2D eigenvalue weighted by Gasteiger charge is 2.46. The molecule has 5 heteroatoms. The molecule has 1 aromatic carbocycles. The first kappa shape index (κ1) is 20.8. The van der Waals surface area contributed by atoms with E-state index < -0.39 is 5.92 Å². The van der Waals surface area contributed by atoms with Crippen LogP contribution in [0.1, 0.15) is 70.8 Å². The number of ketones is 1. The normalized spacial score (nSPS) is 26.9. The SMILES string of the molecule is CC1=NC2=C(C(=O)CC(C)(C)C2)[C@H](c2ccc(I)cc2)C1C(=O)OC1CCCC1. The molecule has 0 amide bonds. The van der Waals surface area contributed by atoms with Gasteiger partial charge in [0.25, 0.3) is 0 Å². The lowest BCUT2D eigenvalue weighted by molar-refractivity contribution is -0.151. The zero-order valence-corrected chi connectivity index (χ0v) is 19.5. The molecule has 0 aromatic heterocycles. The number of carbonyl (C=O) groups excluding carboxylic acids is 2. The number of aliphatic imine (C=N–C) groups is 1. The molecule has 1 aliphatic heterocycles. The first-order valence-corrected chi connectivity index (χ1v) is 11.6. The zero-order chi connectivity index (χ0) is 20.8. The number of halogens is 1. The second-order valence-corrected chi connectivity index (χ2v) is 10.7. The molecule has 1 saturated carbocycles.